The fraction of sp³-hybridized carbons (Fsp3) is 0.294. The van der Waals surface area contributed by atoms with Crippen LogP contribution in [0.1, 0.15) is 11.1 Å². The highest BCUT2D eigenvalue weighted by molar-refractivity contribution is 6.30. The monoisotopic (exact) mass is 307 g/mol. The van der Waals surface area contributed by atoms with Gasteiger partial charge in [-0.05, 0) is 54.6 Å². The second kappa shape index (κ2) is 7.43. The second-order valence-corrected chi connectivity index (χ2v) is 5.51. The van der Waals surface area contributed by atoms with Crippen molar-refractivity contribution in [1.82, 2.24) is 0 Å². The zero-order valence-electron chi connectivity index (χ0n) is 12.0. The average Bonchev–Trinajstić information content (AvgIpc) is 2.48. The Morgan fingerprint density at radius 3 is 2.62 bits per heavy atom. The molecule has 0 aliphatic heterocycles. The van der Waals surface area contributed by atoms with Crippen molar-refractivity contribution >= 4 is 11.6 Å². The van der Waals surface area contributed by atoms with Gasteiger partial charge >= 0.3 is 0 Å². The van der Waals surface area contributed by atoms with E-state index >= 15 is 0 Å². The van der Waals surface area contributed by atoms with E-state index in [2.05, 4.69) is 0 Å². The van der Waals surface area contributed by atoms with Gasteiger partial charge in [-0.1, -0.05) is 35.9 Å². The third-order valence-corrected chi connectivity index (χ3v) is 3.75. The largest absolute Gasteiger partial charge is 0.494 e. The molecule has 2 aromatic rings. The van der Waals surface area contributed by atoms with Crippen molar-refractivity contribution in [2.24, 2.45) is 11.7 Å². The summed E-state index contributed by atoms with van der Waals surface area (Å²) in [6.45, 7) is 0.489. The lowest BCUT2D eigenvalue weighted by molar-refractivity contribution is 0.382. The van der Waals surface area contributed by atoms with E-state index in [1.165, 1.54) is 7.11 Å². The molecule has 2 N–H and O–H groups in total. The maximum atomic E-state index is 14.2. The molecule has 1 atom stereocenters. The van der Waals surface area contributed by atoms with Crippen LogP contribution in [0, 0.1) is 11.7 Å². The molecule has 0 aliphatic carbocycles. The topological polar surface area (TPSA) is 35.2 Å². The minimum absolute atomic E-state index is 0.157. The number of hydrogen-bond donors (Lipinski definition) is 1. The van der Waals surface area contributed by atoms with E-state index in [0.717, 1.165) is 12.0 Å². The number of rotatable bonds is 6. The van der Waals surface area contributed by atoms with E-state index in [1.54, 1.807) is 18.2 Å². The van der Waals surface area contributed by atoms with Crippen LogP contribution in [0.5, 0.6) is 5.75 Å². The summed E-state index contributed by atoms with van der Waals surface area (Å²) >= 11 is 5.99. The van der Waals surface area contributed by atoms with Gasteiger partial charge in [0.2, 0.25) is 0 Å². The average molecular weight is 308 g/mol. The fourth-order valence-corrected chi connectivity index (χ4v) is 2.63. The molecule has 0 saturated heterocycles. The number of hydrogen-bond acceptors (Lipinski definition) is 2. The molecule has 0 heterocycles. The maximum Gasteiger partial charge on any atom is 0.168 e. The third-order valence-electron chi connectivity index (χ3n) is 3.52. The van der Waals surface area contributed by atoms with Crippen LogP contribution in [0.15, 0.2) is 42.5 Å². The lowest BCUT2D eigenvalue weighted by Gasteiger charge is -2.16. The lowest BCUT2D eigenvalue weighted by Crippen LogP contribution is -2.20. The molecule has 0 saturated carbocycles. The maximum absolute atomic E-state index is 14.2. The van der Waals surface area contributed by atoms with Crippen LogP contribution < -0.4 is 10.5 Å². The van der Waals surface area contributed by atoms with Crippen molar-refractivity contribution in [3.63, 3.8) is 0 Å². The van der Waals surface area contributed by atoms with Gasteiger partial charge in [0, 0.05) is 5.02 Å². The lowest BCUT2D eigenvalue weighted by atomic mass is 9.92. The highest BCUT2D eigenvalue weighted by Gasteiger charge is 2.14. The molecule has 0 fully saturated rings. The molecular formula is C17H19ClFNO. The van der Waals surface area contributed by atoms with Crippen LogP contribution in [0.2, 0.25) is 5.02 Å². The highest BCUT2D eigenvalue weighted by Crippen LogP contribution is 2.24. The van der Waals surface area contributed by atoms with Crippen LogP contribution in [0.25, 0.3) is 0 Å². The number of benzene rings is 2. The number of halogens is 2. The molecule has 0 bridgehead atoms. The van der Waals surface area contributed by atoms with Gasteiger partial charge in [-0.2, -0.15) is 0 Å². The van der Waals surface area contributed by atoms with Gasteiger partial charge < -0.3 is 10.5 Å². The van der Waals surface area contributed by atoms with E-state index in [4.69, 9.17) is 22.1 Å². The minimum atomic E-state index is -0.301. The van der Waals surface area contributed by atoms with Gasteiger partial charge in [-0.3, -0.25) is 0 Å². The van der Waals surface area contributed by atoms with Crippen molar-refractivity contribution < 1.29 is 9.13 Å². The fourth-order valence-electron chi connectivity index (χ4n) is 2.42. The number of ether oxygens (including phenoxy) is 1. The summed E-state index contributed by atoms with van der Waals surface area (Å²) < 4.78 is 19.2. The van der Waals surface area contributed by atoms with Gasteiger partial charge in [0.25, 0.3) is 0 Å². The predicted octanol–water partition coefficient (Wildman–Crippen LogP) is 3.85. The molecule has 112 valence electrons. The first kappa shape index (κ1) is 15.8. The minimum Gasteiger partial charge on any atom is -0.494 e. The summed E-state index contributed by atoms with van der Waals surface area (Å²) in [5.41, 5.74) is 7.58. The van der Waals surface area contributed by atoms with E-state index < -0.39 is 0 Å². The van der Waals surface area contributed by atoms with Gasteiger partial charge in [0.15, 0.2) is 11.6 Å². The first-order chi connectivity index (χ1) is 10.1. The molecule has 1 unspecified atom stereocenters. The summed E-state index contributed by atoms with van der Waals surface area (Å²) in [6.07, 6.45) is 1.35. The highest BCUT2D eigenvalue weighted by atomic mass is 35.5. The van der Waals surface area contributed by atoms with Gasteiger partial charge in [0.05, 0.1) is 7.11 Å². The van der Waals surface area contributed by atoms with E-state index in [1.807, 2.05) is 24.3 Å². The van der Waals surface area contributed by atoms with Crippen LogP contribution in [-0.4, -0.2) is 13.7 Å². The zero-order chi connectivity index (χ0) is 15.2. The molecule has 0 radical (unpaired) electrons. The van der Waals surface area contributed by atoms with Gasteiger partial charge in [-0.15, -0.1) is 0 Å². The standard InChI is InChI=1S/C17H19ClFNO/c1-21-16-7-3-5-14(17(16)19)9-13(11-20)8-12-4-2-6-15(18)10-12/h2-7,10,13H,8-9,11,20H2,1H3. The number of methoxy groups -OCH3 is 1. The summed E-state index contributed by atoms with van der Waals surface area (Å²) in [5.74, 6) is 0.126. The van der Waals surface area contributed by atoms with E-state index in [0.29, 0.717) is 23.6 Å². The van der Waals surface area contributed by atoms with Crippen LogP contribution >= 0.6 is 11.6 Å². The Morgan fingerprint density at radius 1 is 1.19 bits per heavy atom. The smallest absolute Gasteiger partial charge is 0.168 e. The third kappa shape index (κ3) is 4.19. The Morgan fingerprint density at radius 2 is 1.95 bits per heavy atom. The molecule has 0 amide bonds. The molecular weight excluding hydrogens is 289 g/mol. The first-order valence-electron chi connectivity index (χ1n) is 6.90. The van der Waals surface area contributed by atoms with Crippen molar-refractivity contribution in [2.45, 2.75) is 12.8 Å². The van der Waals surface area contributed by atoms with Crippen molar-refractivity contribution in [1.29, 1.82) is 0 Å². The Balaban J connectivity index is 2.12. The van der Waals surface area contributed by atoms with Crippen molar-refractivity contribution in [3.05, 3.63) is 64.4 Å². The Labute approximate surface area is 129 Å². The van der Waals surface area contributed by atoms with Gasteiger partial charge in [-0.25, -0.2) is 4.39 Å². The molecule has 0 aromatic heterocycles. The van der Waals surface area contributed by atoms with Crippen LogP contribution in [-0.2, 0) is 12.8 Å². The summed E-state index contributed by atoms with van der Waals surface area (Å²) in [5, 5.41) is 0.704. The molecule has 0 aliphatic rings. The first-order valence-corrected chi connectivity index (χ1v) is 7.27. The van der Waals surface area contributed by atoms with E-state index in [-0.39, 0.29) is 17.5 Å². The molecule has 4 heteroatoms. The van der Waals surface area contributed by atoms with Crippen LogP contribution in [0.4, 0.5) is 4.39 Å². The van der Waals surface area contributed by atoms with Crippen LogP contribution in [0.3, 0.4) is 0 Å². The van der Waals surface area contributed by atoms with Crippen molar-refractivity contribution in [2.75, 3.05) is 13.7 Å². The number of nitrogens with two attached hydrogens (primary N) is 1. The normalized spacial score (nSPS) is 12.2. The molecule has 2 rings (SSSR count). The predicted molar refractivity (Wildman–Crippen MR) is 84.4 cm³/mol. The van der Waals surface area contributed by atoms with E-state index in [9.17, 15) is 4.39 Å². The molecule has 21 heavy (non-hydrogen) atoms. The Kier molecular flexibility index (Phi) is 5.59. The molecule has 2 aromatic carbocycles. The Hall–Kier alpha value is -1.58. The molecule has 2 nitrogen and oxygen atoms in total. The quantitative estimate of drug-likeness (QED) is 0.880. The van der Waals surface area contributed by atoms with Crippen molar-refractivity contribution in [3.8, 4) is 5.75 Å². The van der Waals surface area contributed by atoms with Gasteiger partial charge in [0.1, 0.15) is 0 Å². The molecule has 0 spiro atoms. The SMILES string of the molecule is COc1cccc(CC(CN)Cc2cccc(Cl)c2)c1F. The Bertz CT molecular complexity index is 603. The summed E-state index contributed by atoms with van der Waals surface area (Å²) in [7, 11) is 1.47. The summed E-state index contributed by atoms with van der Waals surface area (Å²) in [4.78, 5) is 0. The zero-order valence-corrected chi connectivity index (χ0v) is 12.7. The second-order valence-electron chi connectivity index (χ2n) is 5.07. The summed E-state index contributed by atoms with van der Waals surface area (Å²) in [6, 6.07) is 12.9.